The van der Waals surface area contributed by atoms with Crippen LogP contribution in [-0.4, -0.2) is 32.8 Å². The van der Waals surface area contributed by atoms with E-state index in [1.807, 2.05) is 42.5 Å². The van der Waals surface area contributed by atoms with Gasteiger partial charge in [0.1, 0.15) is 5.75 Å². The Morgan fingerprint density at radius 1 is 1.17 bits per heavy atom. The van der Waals surface area contributed by atoms with Gasteiger partial charge < -0.3 is 14.9 Å². The Kier molecular flexibility index (Phi) is 3.96. The molecular weight excluding hydrogens is 368 g/mol. The first-order chi connectivity index (χ1) is 14.1. The van der Waals surface area contributed by atoms with Crippen LogP contribution in [0.3, 0.4) is 0 Å². The van der Waals surface area contributed by atoms with E-state index in [-0.39, 0.29) is 5.56 Å². The van der Waals surface area contributed by atoms with Gasteiger partial charge in [0.15, 0.2) is 6.10 Å². The first-order valence-corrected chi connectivity index (χ1v) is 9.40. The monoisotopic (exact) mass is 386 g/mol. The number of para-hydroxylation sites is 1. The van der Waals surface area contributed by atoms with Gasteiger partial charge >= 0.3 is 5.97 Å². The molecule has 0 amide bonds. The average molecular weight is 386 g/mol. The van der Waals surface area contributed by atoms with Crippen molar-refractivity contribution < 1.29 is 19.7 Å². The summed E-state index contributed by atoms with van der Waals surface area (Å²) in [6, 6.07) is 13.3. The SMILES string of the molecule is Cc1nc2ccccc2c(-c2ccc3c4c(ccnc24)CCO3)c1[C@H](O)C(=O)O. The van der Waals surface area contributed by atoms with Gasteiger partial charge in [0.05, 0.1) is 17.6 Å². The lowest BCUT2D eigenvalue weighted by atomic mass is 9.89. The predicted molar refractivity (Wildman–Crippen MR) is 109 cm³/mol. The Morgan fingerprint density at radius 2 is 2.00 bits per heavy atom. The lowest BCUT2D eigenvalue weighted by molar-refractivity contribution is -0.146. The number of aryl methyl sites for hydroxylation is 1. The number of rotatable bonds is 3. The largest absolute Gasteiger partial charge is 0.493 e. The van der Waals surface area contributed by atoms with Crippen LogP contribution in [0.1, 0.15) is 22.9 Å². The zero-order chi connectivity index (χ0) is 20.1. The van der Waals surface area contributed by atoms with E-state index in [1.165, 1.54) is 0 Å². The van der Waals surface area contributed by atoms with Gasteiger partial charge in [-0.1, -0.05) is 18.2 Å². The van der Waals surface area contributed by atoms with E-state index >= 15 is 0 Å². The number of aliphatic hydroxyl groups excluding tert-OH is 1. The Bertz CT molecular complexity index is 1290. The summed E-state index contributed by atoms with van der Waals surface area (Å²) in [5.41, 5.74) is 4.78. The van der Waals surface area contributed by atoms with Crippen LogP contribution in [0.4, 0.5) is 0 Å². The summed E-state index contributed by atoms with van der Waals surface area (Å²) in [6.45, 7) is 2.34. The standard InChI is InChI=1S/C23H18N2O4/c1-12-18(22(26)23(27)28)20(14-4-2-3-5-16(14)25-12)15-6-7-17-19-13(9-11-29-17)8-10-24-21(15)19/h2-8,10,22,26H,9,11H2,1H3,(H,27,28)/t22-/m0/s1. The van der Waals surface area contributed by atoms with Gasteiger partial charge in [-0.15, -0.1) is 0 Å². The number of benzene rings is 2. The van der Waals surface area contributed by atoms with Crippen molar-refractivity contribution in [3.63, 3.8) is 0 Å². The summed E-state index contributed by atoms with van der Waals surface area (Å²) in [5, 5.41) is 21.8. The molecule has 0 aliphatic carbocycles. The molecule has 29 heavy (non-hydrogen) atoms. The second kappa shape index (κ2) is 6.53. The van der Waals surface area contributed by atoms with Crippen molar-refractivity contribution in [1.82, 2.24) is 9.97 Å². The topological polar surface area (TPSA) is 92.5 Å². The van der Waals surface area contributed by atoms with Crippen molar-refractivity contribution in [1.29, 1.82) is 0 Å². The number of hydrogen-bond acceptors (Lipinski definition) is 5. The number of carboxylic acids is 1. The third kappa shape index (κ3) is 2.64. The van der Waals surface area contributed by atoms with Crippen LogP contribution >= 0.6 is 0 Å². The van der Waals surface area contributed by atoms with E-state index in [4.69, 9.17) is 4.74 Å². The Morgan fingerprint density at radius 3 is 2.83 bits per heavy atom. The normalized spacial score (nSPS) is 14.0. The molecule has 0 saturated heterocycles. The van der Waals surface area contributed by atoms with E-state index < -0.39 is 12.1 Å². The molecule has 0 radical (unpaired) electrons. The van der Waals surface area contributed by atoms with Crippen LogP contribution in [-0.2, 0) is 11.2 Å². The maximum absolute atomic E-state index is 11.7. The predicted octanol–water partition coefficient (Wildman–Crippen LogP) is 3.81. The van der Waals surface area contributed by atoms with Gasteiger partial charge in [-0.25, -0.2) is 4.79 Å². The number of hydrogen-bond donors (Lipinski definition) is 2. The Hall–Kier alpha value is -3.51. The molecule has 2 aromatic heterocycles. The maximum atomic E-state index is 11.7. The highest BCUT2D eigenvalue weighted by atomic mass is 16.5. The second-order valence-electron chi connectivity index (χ2n) is 7.15. The van der Waals surface area contributed by atoms with Crippen molar-refractivity contribution in [2.45, 2.75) is 19.4 Å². The van der Waals surface area contributed by atoms with Crippen LogP contribution < -0.4 is 4.74 Å². The number of carboxylic acid groups (broad SMARTS) is 1. The fraction of sp³-hybridized carbons (Fsp3) is 0.174. The van der Waals surface area contributed by atoms with E-state index in [1.54, 1.807) is 13.1 Å². The highest BCUT2D eigenvalue weighted by Gasteiger charge is 2.27. The summed E-state index contributed by atoms with van der Waals surface area (Å²) in [7, 11) is 0. The molecule has 0 saturated carbocycles. The molecule has 144 valence electrons. The number of carbonyl (C=O) groups is 1. The van der Waals surface area contributed by atoms with Crippen LogP contribution in [0, 0.1) is 6.92 Å². The lowest BCUT2D eigenvalue weighted by Crippen LogP contribution is -2.15. The number of pyridine rings is 2. The highest BCUT2D eigenvalue weighted by Crippen LogP contribution is 2.42. The number of aliphatic carboxylic acids is 1. The molecule has 2 N–H and O–H groups in total. The zero-order valence-corrected chi connectivity index (χ0v) is 15.7. The van der Waals surface area contributed by atoms with Crippen LogP contribution in [0.25, 0.3) is 32.9 Å². The highest BCUT2D eigenvalue weighted by molar-refractivity contribution is 6.07. The maximum Gasteiger partial charge on any atom is 0.337 e. The first-order valence-electron chi connectivity index (χ1n) is 9.40. The summed E-state index contributed by atoms with van der Waals surface area (Å²) >= 11 is 0. The molecular formula is C23H18N2O4. The Balaban J connectivity index is 1.95. The molecule has 0 bridgehead atoms. The van der Waals surface area contributed by atoms with Gasteiger partial charge in [0.2, 0.25) is 0 Å². The van der Waals surface area contributed by atoms with E-state index in [9.17, 15) is 15.0 Å². The van der Waals surface area contributed by atoms with Crippen molar-refractivity contribution in [2.75, 3.05) is 6.61 Å². The fourth-order valence-electron chi connectivity index (χ4n) is 4.20. The molecule has 6 heteroatoms. The molecule has 6 nitrogen and oxygen atoms in total. The van der Waals surface area contributed by atoms with Gasteiger partial charge in [-0.05, 0) is 36.8 Å². The zero-order valence-electron chi connectivity index (χ0n) is 15.7. The number of aliphatic hydroxyl groups is 1. The summed E-state index contributed by atoms with van der Waals surface area (Å²) in [5.74, 6) is -0.543. The summed E-state index contributed by atoms with van der Waals surface area (Å²) < 4.78 is 5.82. The van der Waals surface area contributed by atoms with E-state index in [2.05, 4.69) is 9.97 Å². The minimum atomic E-state index is -1.69. The molecule has 4 aromatic rings. The fourth-order valence-corrected chi connectivity index (χ4v) is 4.20. The van der Waals surface area contributed by atoms with Crippen molar-refractivity contribution in [2.24, 2.45) is 0 Å². The average Bonchev–Trinajstić information content (AvgIpc) is 2.73. The second-order valence-corrected chi connectivity index (χ2v) is 7.15. The third-order valence-corrected chi connectivity index (χ3v) is 5.47. The van der Waals surface area contributed by atoms with Gasteiger partial charge in [0, 0.05) is 45.8 Å². The number of fused-ring (bicyclic) bond motifs is 1. The van der Waals surface area contributed by atoms with Gasteiger partial charge in [-0.3, -0.25) is 9.97 Å². The van der Waals surface area contributed by atoms with Gasteiger partial charge in [-0.2, -0.15) is 0 Å². The number of ether oxygens (including phenoxy) is 1. The molecule has 1 aliphatic rings. The number of nitrogens with zero attached hydrogens (tertiary/aromatic N) is 2. The van der Waals surface area contributed by atoms with Crippen molar-refractivity contribution in [3.8, 4) is 16.9 Å². The molecule has 3 heterocycles. The van der Waals surface area contributed by atoms with E-state index in [0.717, 1.165) is 45.1 Å². The number of aromatic nitrogens is 2. The summed E-state index contributed by atoms with van der Waals surface area (Å²) in [4.78, 5) is 20.8. The summed E-state index contributed by atoms with van der Waals surface area (Å²) in [6.07, 6.45) is 0.861. The smallest absolute Gasteiger partial charge is 0.337 e. The van der Waals surface area contributed by atoms with Crippen molar-refractivity contribution >= 4 is 27.8 Å². The minimum Gasteiger partial charge on any atom is -0.493 e. The van der Waals surface area contributed by atoms with Gasteiger partial charge in [0.25, 0.3) is 0 Å². The molecule has 0 fully saturated rings. The molecule has 1 atom stereocenters. The van der Waals surface area contributed by atoms with E-state index in [0.29, 0.717) is 17.9 Å². The lowest BCUT2D eigenvalue weighted by Gasteiger charge is -2.22. The first kappa shape index (κ1) is 17.6. The van der Waals surface area contributed by atoms with Crippen LogP contribution in [0.2, 0.25) is 0 Å². The molecule has 0 unspecified atom stereocenters. The molecule has 0 spiro atoms. The van der Waals surface area contributed by atoms with Crippen molar-refractivity contribution in [3.05, 3.63) is 65.5 Å². The molecule has 2 aromatic carbocycles. The Labute approximate surface area is 166 Å². The van der Waals surface area contributed by atoms with Crippen LogP contribution in [0.5, 0.6) is 5.75 Å². The van der Waals surface area contributed by atoms with Crippen LogP contribution in [0.15, 0.2) is 48.7 Å². The molecule has 1 aliphatic heterocycles. The minimum absolute atomic E-state index is 0.287. The molecule has 5 rings (SSSR count). The third-order valence-electron chi connectivity index (χ3n) is 5.47. The quantitative estimate of drug-likeness (QED) is 0.556.